The number of hydrogen-bond acceptors (Lipinski definition) is 2. The molecule has 1 heterocycles. The highest BCUT2D eigenvalue weighted by Crippen LogP contribution is 2.11. The van der Waals surface area contributed by atoms with Crippen molar-refractivity contribution >= 4 is 5.91 Å². The number of aryl methyl sites for hydroxylation is 1. The molecule has 4 nitrogen and oxygen atoms in total. The first-order chi connectivity index (χ1) is 8.58. The maximum atomic E-state index is 11.8. The van der Waals surface area contributed by atoms with Gasteiger partial charge in [0.15, 0.2) is 0 Å². The van der Waals surface area contributed by atoms with Crippen LogP contribution in [0.4, 0.5) is 0 Å². The highest BCUT2D eigenvalue weighted by molar-refractivity contribution is 5.94. The van der Waals surface area contributed by atoms with E-state index in [1.807, 2.05) is 55.8 Å². The number of rotatable bonds is 3. The van der Waals surface area contributed by atoms with Crippen LogP contribution in [0.15, 0.2) is 36.5 Å². The number of carbonyl (C=O) groups is 1. The highest BCUT2D eigenvalue weighted by atomic mass is 16.1. The molecule has 0 fully saturated rings. The monoisotopic (exact) mass is 243 g/mol. The van der Waals surface area contributed by atoms with Crippen molar-refractivity contribution in [3.05, 3.63) is 47.8 Å². The van der Waals surface area contributed by atoms with Crippen molar-refractivity contribution < 1.29 is 4.79 Å². The Hall–Kier alpha value is -2.10. The molecule has 2 aromatic rings. The van der Waals surface area contributed by atoms with Gasteiger partial charge in [-0.15, -0.1) is 0 Å². The van der Waals surface area contributed by atoms with Crippen LogP contribution in [0.5, 0.6) is 0 Å². The quantitative estimate of drug-likeness (QED) is 0.899. The van der Waals surface area contributed by atoms with Gasteiger partial charge in [-0.2, -0.15) is 5.10 Å². The second-order valence-corrected chi connectivity index (χ2v) is 4.56. The Morgan fingerprint density at radius 2 is 1.89 bits per heavy atom. The second-order valence-electron chi connectivity index (χ2n) is 4.56. The van der Waals surface area contributed by atoms with Gasteiger partial charge in [0.25, 0.3) is 5.91 Å². The number of carbonyl (C=O) groups excluding carboxylic acids is 1. The van der Waals surface area contributed by atoms with Gasteiger partial charge in [-0.25, -0.2) is 4.68 Å². The summed E-state index contributed by atoms with van der Waals surface area (Å²) in [6, 6.07) is 9.51. The number of aromatic nitrogens is 2. The molecule has 1 aromatic heterocycles. The molecule has 0 aliphatic rings. The molecule has 4 heteroatoms. The zero-order valence-corrected chi connectivity index (χ0v) is 10.8. The van der Waals surface area contributed by atoms with E-state index in [1.165, 1.54) is 0 Å². The van der Waals surface area contributed by atoms with Gasteiger partial charge in [-0.05, 0) is 51.1 Å². The molecule has 94 valence electrons. The molecule has 2 rings (SSSR count). The molecule has 1 N–H and O–H groups in total. The number of hydrogen-bond donors (Lipinski definition) is 1. The van der Waals surface area contributed by atoms with Crippen LogP contribution in [-0.4, -0.2) is 21.7 Å². The van der Waals surface area contributed by atoms with Gasteiger partial charge in [-0.1, -0.05) is 0 Å². The number of nitrogens with one attached hydrogen (secondary N) is 1. The van der Waals surface area contributed by atoms with E-state index in [1.54, 1.807) is 6.20 Å². The summed E-state index contributed by atoms with van der Waals surface area (Å²) in [6.45, 7) is 5.88. The average Bonchev–Trinajstić information content (AvgIpc) is 2.75. The smallest absolute Gasteiger partial charge is 0.251 e. The van der Waals surface area contributed by atoms with E-state index < -0.39 is 0 Å². The summed E-state index contributed by atoms with van der Waals surface area (Å²) >= 11 is 0. The Balaban J connectivity index is 2.21. The minimum Gasteiger partial charge on any atom is -0.350 e. The van der Waals surface area contributed by atoms with Crippen molar-refractivity contribution in [2.24, 2.45) is 0 Å². The predicted molar refractivity (Wildman–Crippen MR) is 70.9 cm³/mol. The topological polar surface area (TPSA) is 46.9 Å². The van der Waals surface area contributed by atoms with E-state index in [2.05, 4.69) is 10.4 Å². The fraction of sp³-hybridized carbons (Fsp3) is 0.286. The maximum Gasteiger partial charge on any atom is 0.251 e. The molecule has 18 heavy (non-hydrogen) atoms. The molecule has 0 aliphatic heterocycles. The van der Waals surface area contributed by atoms with Crippen molar-refractivity contribution in [2.75, 3.05) is 0 Å². The van der Waals surface area contributed by atoms with Crippen molar-refractivity contribution in [1.82, 2.24) is 15.1 Å². The molecule has 0 saturated heterocycles. The van der Waals surface area contributed by atoms with E-state index >= 15 is 0 Å². The molecular weight excluding hydrogens is 226 g/mol. The fourth-order valence-electron chi connectivity index (χ4n) is 1.74. The van der Waals surface area contributed by atoms with Crippen LogP contribution in [0, 0.1) is 6.92 Å². The van der Waals surface area contributed by atoms with Gasteiger partial charge in [0.05, 0.1) is 5.69 Å². The minimum absolute atomic E-state index is 0.0475. The lowest BCUT2D eigenvalue weighted by molar-refractivity contribution is 0.0943. The van der Waals surface area contributed by atoms with Crippen LogP contribution in [0.3, 0.4) is 0 Å². The van der Waals surface area contributed by atoms with Crippen molar-refractivity contribution in [1.29, 1.82) is 0 Å². The van der Waals surface area contributed by atoms with Crippen molar-refractivity contribution in [3.63, 3.8) is 0 Å². The zero-order chi connectivity index (χ0) is 13.1. The largest absolute Gasteiger partial charge is 0.350 e. The van der Waals surface area contributed by atoms with Crippen molar-refractivity contribution in [2.45, 2.75) is 26.8 Å². The Kier molecular flexibility index (Phi) is 3.46. The lowest BCUT2D eigenvalue weighted by Crippen LogP contribution is -2.29. The maximum absolute atomic E-state index is 11.8. The first-order valence-corrected chi connectivity index (χ1v) is 6.00. The Labute approximate surface area is 107 Å². The average molecular weight is 243 g/mol. The summed E-state index contributed by atoms with van der Waals surface area (Å²) in [5.74, 6) is -0.0475. The molecule has 0 spiro atoms. The normalized spacial score (nSPS) is 10.7. The van der Waals surface area contributed by atoms with Crippen LogP contribution in [-0.2, 0) is 0 Å². The molecular formula is C14H17N3O. The number of nitrogens with zero attached hydrogens (tertiary/aromatic N) is 2. The summed E-state index contributed by atoms with van der Waals surface area (Å²) in [7, 11) is 0. The third-order valence-corrected chi connectivity index (χ3v) is 2.63. The molecule has 0 atom stereocenters. The molecule has 1 amide bonds. The lowest BCUT2D eigenvalue weighted by Gasteiger charge is -2.09. The first-order valence-electron chi connectivity index (χ1n) is 6.00. The summed E-state index contributed by atoms with van der Waals surface area (Å²) < 4.78 is 1.84. The van der Waals surface area contributed by atoms with Crippen LogP contribution in [0.1, 0.15) is 29.9 Å². The van der Waals surface area contributed by atoms with Gasteiger partial charge < -0.3 is 5.32 Å². The van der Waals surface area contributed by atoms with Gasteiger partial charge >= 0.3 is 0 Å². The van der Waals surface area contributed by atoms with E-state index in [0.717, 1.165) is 11.4 Å². The molecule has 0 bridgehead atoms. The number of benzene rings is 1. The summed E-state index contributed by atoms with van der Waals surface area (Å²) in [5, 5.41) is 7.09. The summed E-state index contributed by atoms with van der Waals surface area (Å²) in [4.78, 5) is 11.8. The first kappa shape index (κ1) is 12.4. The van der Waals surface area contributed by atoms with Gasteiger partial charge in [0.1, 0.15) is 0 Å². The van der Waals surface area contributed by atoms with E-state index in [0.29, 0.717) is 5.56 Å². The summed E-state index contributed by atoms with van der Waals surface area (Å²) in [5.41, 5.74) is 2.69. The Morgan fingerprint density at radius 3 is 2.39 bits per heavy atom. The molecule has 0 aliphatic carbocycles. The minimum atomic E-state index is -0.0475. The van der Waals surface area contributed by atoms with E-state index in [-0.39, 0.29) is 11.9 Å². The summed E-state index contributed by atoms with van der Waals surface area (Å²) in [6.07, 6.45) is 1.76. The Morgan fingerprint density at radius 1 is 1.22 bits per heavy atom. The standard InChI is InChI=1S/C14H17N3O/c1-10(2)16-14(18)12-4-6-13(7-5-12)17-11(3)8-9-15-17/h4-10H,1-3H3,(H,16,18). The van der Waals surface area contributed by atoms with Gasteiger partial charge in [0.2, 0.25) is 0 Å². The van der Waals surface area contributed by atoms with E-state index in [9.17, 15) is 4.79 Å². The van der Waals surface area contributed by atoms with Crippen LogP contribution in [0.25, 0.3) is 5.69 Å². The highest BCUT2D eigenvalue weighted by Gasteiger charge is 2.07. The second kappa shape index (κ2) is 5.04. The fourth-order valence-corrected chi connectivity index (χ4v) is 1.74. The van der Waals surface area contributed by atoms with E-state index in [4.69, 9.17) is 0 Å². The van der Waals surface area contributed by atoms with Crippen molar-refractivity contribution in [3.8, 4) is 5.69 Å². The predicted octanol–water partition coefficient (Wildman–Crippen LogP) is 2.32. The third-order valence-electron chi connectivity index (χ3n) is 2.63. The van der Waals surface area contributed by atoms with Crippen LogP contribution in [0.2, 0.25) is 0 Å². The molecule has 0 unspecified atom stereocenters. The number of amides is 1. The lowest BCUT2D eigenvalue weighted by atomic mass is 10.2. The third kappa shape index (κ3) is 2.59. The SMILES string of the molecule is Cc1ccnn1-c1ccc(C(=O)NC(C)C)cc1. The Bertz CT molecular complexity index is 540. The van der Waals surface area contributed by atoms with Crippen LogP contribution < -0.4 is 5.32 Å². The molecule has 0 saturated carbocycles. The molecule has 1 aromatic carbocycles. The zero-order valence-electron chi connectivity index (χ0n) is 10.8. The molecule has 0 radical (unpaired) electrons. The van der Waals surface area contributed by atoms with Gasteiger partial charge in [0, 0.05) is 23.5 Å². The van der Waals surface area contributed by atoms with Gasteiger partial charge in [-0.3, -0.25) is 4.79 Å². The van der Waals surface area contributed by atoms with Crippen LogP contribution >= 0.6 is 0 Å².